The number of nitrogens with one attached hydrogen (secondary N) is 3. The first kappa shape index (κ1) is 24.0. The molecular formula is C20H25F3N8O2. The van der Waals surface area contributed by atoms with E-state index in [9.17, 15) is 22.8 Å². The minimum atomic E-state index is -4.81. The number of carbonyl (C=O) groups excluding carboxylic acids is 1. The highest BCUT2D eigenvalue weighted by Crippen LogP contribution is 2.31. The van der Waals surface area contributed by atoms with Gasteiger partial charge in [-0.3, -0.25) is 4.79 Å². The first-order valence-electron chi connectivity index (χ1n) is 10.3. The molecule has 0 saturated carbocycles. The summed E-state index contributed by atoms with van der Waals surface area (Å²) >= 11 is 0. The smallest absolute Gasteiger partial charge is 0.377 e. The number of aromatic amines is 1. The molecule has 10 nitrogen and oxygen atoms in total. The molecule has 1 atom stereocenters. The quantitative estimate of drug-likeness (QED) is 0.555. The van der Waals surface area contributed by atoms with Crippen LogP contribution in [0.4, 0.5) is 29.6 Å². The molecule has 3 N–H and O–H groups in total. The molecule has 33 heavy (non-hydrogen) atoms. The zero-order valence-corrected chi connectivity index (χ0v) is 18.2. The van der Waals surface area contributed by atoms with Gasteiger partial charge in [0, 0.05) is 51.2 Å². The predicted octanol–water partition coefficient (Wildman–Crippen LogP) is 1.78. The molecule has 1 unspecified atom stereocenters. The number of carbonyl (C=O) groups is 1. The maximum absolute atomic E-state index is 13.1. The number of alkyl halides is 3. The molecule has 1 aliphatic rings. The molecule has 0 radical (unpaired) electrons. The van der Waals surface area contributed by atoms with Crippen LogP contribution in [0.2, 0.25) is 0 Å². The lowest BCUT2D eigenvalue weighted by molar-refractivity contribution is -0.138. The van der Waals surface area contributed by atoms with Crippen molar-refractivity contribution in [3.8, 4) is 0 Å². The molecule has 2 aromatic rings. The number of anilines is 2. The van der Waals surface area contributed by atoms with Crippen LogP contribution in [0.15, 0.2) is 35.5 Å². The van der Waals surface area contributed by atoms with Gasteiger partial charge in [-0.2, -0.15) is 18.3 Å². The van der Waals surface area contributed by atoms with Crippen molar-refractivity contribution >= 4 is 17.7 Å². The van der Waals surface area contributed by atoms with Crippen molar-refractivity contribution in [1.82, 2.24) is 30.4 Å². The Morgan fingerprint density at radius 1 is 1.21 bits per heavy atom. The first-order valence-corrected chi connectivity index (χ1v) is 10.3. The van der Waals surface area contributed by atoms with Crippen molar-refractivity contribution in [1.29, 1.82) is 0 Å². The third kappa shape index (κ3) is 6.43. The molecule has 1 saturated heterocycles. The molecule has 0 spiro atoms. The lowest BCUT2D eigenvalue weighted by atomic mass is 10.2. The summed E-state index contributed by atoms with van der Waals surface area (Å²) in [5, 5.41) is 10.6. The van der Waals surface area contributed by atoms with Gasteiger partial charge in [-0.15, -0.1) is 0 Å². The maximum atomic E-state index is 13.1. The number of halogens is 3. The van der Waals surface area contributed by atoms with Crippen molar-refractivity contribution in [2.24, 2.45) is 0 Å². The fourth-order valence-electron chi connectivity index (χ4n) is 3.27. The summed E-state index contributed by atoms with van der Waals surface area (Å²) in [5.41, 5.74) is -2.08. The molecule has 1 fully saturated rings. The monoisotopic (exact) mass is 466 g/mol. The number of piperazine rings is 1. The van der Waals surface area contributed by atoms with E-state index >= 15 is 0 Å². The zero-order valence-electron chi connectivity index (χ0n) is 18.2. The topological polar surface area (TPSA) is 119 Å². The van der Waals surface area contributed by atoms with Crippen LogP contribution in [0.3, 0.4) is 0 Å². The van der Waals surface area contributed by atoms with Crippen LogP contribution in [-0.4, -0.2) is 69.9 Å². The van der Waals surface area contributed by atoms with E-state index in [2.05, 4.69) is 25.7 Å². The normalized spacial score (nSPS) is 15.5. The number of urea groups is 1. The van der Waals surface area contributed by atoms with Crippen LogP contribution < -0.4 is 21.1 Å². The third-order valence-electron chi connectivity index (χ3n) is 4.94. The van der Waals surface area contributed by atoms with Gasteiger partial charge >= 0.3 is 12.2 Å². The molecule has 3 heterocycles. The van der Waals surface area contributed by atoms with E-state index in [-0.39, 0.29) is 12.6 Å². The Hall–Kier alpha value is -3.64. The second-order valence-electron chi connectivity index (χ2n) is 7.57. The van der Waals surface area contributed by atoms with Crippen molar-refractivity contribution in [2.75, 3.05) is 42.9 Å². The van der Waals surface area contributed by atoms with Gasteiger partial charge in [0.25, 0.3) is 5.56 Å². The van der Waals surface area contributed by atoms with Gasteiger partial charge in [-0.05, 0) is 19.4 Å². The lowest BCUT2D eigenvalue weighted by Gasteiger charge is -2.34. The molecule has 2 aromatic heterocycles. The average Bonchev–Trinajstić information content (AvgIpc) is 2.76. The van der Waals surface area contributed by atoms with Crippen LogP contribution in [-0.2, 0) is 6.18 Å². The molecule has 3 rings (SSSR count). The van der Waals surface area contributed by atoms with Crippen LogP contribution >= 0.6 is 0 Å². The molecule has 0 aromatic carbocycles. The number of aryl methyl sites for hydroxylation is 1. The highest BCUT2D eigenvalue weighted by atomic mass is 19.4. The Morgan fingerprint density at radius 3 is 2.52 bits per heavy atom. The summed E-state index contributed by atoms with van der Waals surface area (Å²) in [4.78, 5) is 36.2. The Balaban J connectivity index is 1.45. The van der Waals surface area contributed by atoms with E-state index in [1.807, 2.05) is 11.8 Å². The summed E-state index contributed by atoms with van der Waals surface area (Å²) in [6, 6.07) is -0.771. The average molecular weight is 466 g/mol. The molecule has 0 bridgehead atoms. The molecule has 13 heteroatoms. The summed E-state index contributed by atoms with van der Waals surface area (Å²) in [6.07, 6.45) is 2.82. The molecule has 0 aliphatic carbocycles. The highest BCUT2D eigenvalue weighted by Gasteiger charge is 2.37. The predicted molar refractivity (Wildman–Crippen MR) is 116 cm³/mol. The van der Waals surface area contributed by atoms with Gasteiger partial charge in [0.2, 0.25) is 5.95 Å². The summed E-state index contributed by atoms with van der Waals surface area (Å²) in [5.74, 6) is 0.634. The standard InChI is InChI=1S/C20H25F3N8O2/c1-13-10-25-18(26-11-13)30-6-8-31(9-7-30)19(33)24-5-3-4-14(2)28-15-12-27-29-17(32)16(15)20(21,22)23/h3-4,10-12,14H,5-9H2,1-2H3,(H,24,33)(H2,28,29,32)/b4-3+. The van der Waals surface area contributed by atoms with E-state index in [1.165, 1.54) is 0 Å². The highest BCUT2D eigenvalue weighted by molar-refractivity contribution is 5.74. The van der Waals surface area contributed by atoms with E-state index in [1.54, 1.807) is 41.5 Å². The van der Waals surface area contributed by atoms with Crippen LogP contribution in [0.25, 0.3) is 0 Å². The van der Waals surface area contributed by atoms with Crippen LogP contribution in [0.1, 0.15) is 18.1 Å². The van der Waals surface area contributed by atoms with Gasteiger partial charge in [-0.1, -0.05) is 12.2 Å². The van der Waals surface area contributed by atoms with Crippen LogP contribution in [0.5, 0.6) is 0 Å². The Morgan fingerprint density at radius 2 is 1.88 bits per heavy atom. The number of amides is 2. The third-order valence-corrected chi connectivity index (χ3v) is 4.94. The first-order chi connectivity index (χ1) is 15.6. The summed E-state index contributed by atoms with van der Waals surface area (Å²) in [7, 11) is 0. The van der Waals surface area contributed by atoms with Gasteiger partial charge < -0.3 is 20.4 Å². The van der Waals surface area contributed by atoms with E-state index < -0.39 is 29.0 Å². The minimum Gasteiger partial charge on any atom is -0.377 e. The Labute approximate surface area is 187 Å². The fraction of sp³-hybridized carbons (Fsp3) is 0.450. The van der Waals surface area contributed by atoms with E-state index in [0.717, 1.165) is 11.8 Å². The second-order valence-corrected chi connectivity index (χ2v) is 7.57. The molecular weight excluding hydrogens is 441 g/mol. The number of aromatic nitrogens is 4. The Bertz CT molecular complexity index is 1030. The van der Waals surface area contributed by atoms with Gasteiger partial charge in [0.1, 0.15) is 5.56 Å². The van der Waals surface area contributed by atoms with Gasteiger partial charge in [-0.25, -0.2) is 19.9 Å². The fourth-order valence-corrected chi connectivity index (χ4v) is 3.27. The number of H-pyrrole nitrogens is 1. The summed E-state index contributed by atoms with van der Waals surface area (Å²) < 4.78 is 39.3. The number of hydrogen-bond acceptors (Lipinski definition) is 7. The SMILES string of the molecule is Cc1cnc(N2CCN(C(=O)NC/C=C/C(C)Nc3cn[nH]c(=O)c3C(F)(F)F)CC2)nc1. The minimum absolute atomic E-state index is 0.200. The number of nitrogens with zero attached hydrogens (tertiary/aromatic N) is 5. The van der Waals surface area contributed by atoms with Crippen molar-refractivity contribution in [2.45, 2.75) is 26.1 Å². The van der Waals surface area contributed by atoms with Crippen molar-refractivity contribution < 1.29 is 18.0 Å². The summed E-state index contributed by atoms with van der Waals surface area (Å²) in [6.45, 7) is 5.98. The van der Waals surface area contributed by atoms with E-state index in [0.29, 0.717) is 32.1 Å². The maximum Gasteiger partial charge on any atom is 0.423 e. The lowest BCUT2D eigenvalue weighted by Crippen LogP contribution is -2.52. The second kappa shape index (κ2) is 10.3. The van der Waals surface area contributed by atoms with Crippen molar-refractivity contribution in [3.05, 3.63) is 52.2 Å². The van der Waals surface area contributed by atoms with Crippen molar-refractivity contribution in [3.63, 3.8) is 0 Å². The van der Waals surface area contributed by atoms with E-state index in [4.69, 9.17) is 0 Å². The van der Waals surface area contributed by atoms with Gasteiger partial charge in [0.15, 0.2) is 0 Å². The van der Waals surface area contributed by atoms with Crippen LogP contribution in [0, 0.1) is 6.92 Å². The van der Waals surface area contributed by atoms with Gasteiger partial charge in [0.05, 0.1) is 11.9 Å². The molecule has 1 aliphatic heterocycles. The molecule has 2 amide bonds. The number of hydrogen-bond donors (Lipinski definition) is 3. The molecule has 178 valence electrons. The number of rotatable bonds is 6. The zero-order chi connectivity index (χ0) is 24.0. The largest absolute Gasteiger partial charge is 0.423 e. The Kier molecular flexibility index (Phi) is 7.51.